The van der Waals surface area contributed by atoms with Gasteiger partial charge in [0.05, 0.1) is 0 Å². The van der Waals surface area contributed by atoms with Gasteiger partial charge in [-0.05, 0) is 31.0 Å². The molecule has 0 spiro atoms. The molecule has 1 atom stereocenters. The summed E-state index contributed by atoms with van der Waals surface area (Å²) in [5.74, 6) is 1.89. The lowest BCUT2D eigenvalue weighted by Gasteiger charge is -2.15. The van der Waals surface area contributed by atoms with Crippen LogP contribution in [0.5, 0.6) is 0 Å². The standard InChI is InChI=1S/C16H20N2O.2ClH/c1-12-2-7-16(19-12)14-5-3-13(4-6-14)10-18-9-8-15(17)11-18;;/h2-7,15H,8-11,17H2,1H3;2*1H. The molecule has 0 bridgehead atoms. The van der Waals surface area contributed by atoms with Crippen molar-refractivity contribution in [1.29, 1.82) is 0 Å². The molecule has 1 aliphatic heterocycles. The van der Waals surface area contributed by atoms with E-state index in [1.165, 1.54) is 5.56 Å². The smallest absolute Gasteiger partial charge is 0.134 e. The Hall–Kier alpha value is -1.000. The molecule has 1 aromatic carbocycles. The van der Waals surface area contributed by atoms with Crippen LogP contribution in [0.3, 0.4) is 0 Å². The van der Waals surface area contributed by atoms with E-state index in [4.69, 9.17) is 10.2 Å². The van der Waals surface area contributed by atoms with Gasteiger partial charge in [-0.2, -0.15) is 0 Å². The van der Waals surface area contributed by atoms with E-state index in [9.17, 15) is 0 Å². The second-order valence-corrected chi connectivity index (χ2v) is 5.39. The summed E-state index contributed by atoms with van der Waals surface area (Å²) in [6, 6.07) is 13.0. The first kappa shape index (κ1) is 18.1. The predicted molar refractivity (Wildman–Crippen MR) is 91.2 cm³/mol. The number of benzene rings is 1. The number of hydrogen-bond acceptors (Lipinski definition) is 3. The molecule has 5 heteroatoms. The molecule has 1 unspecified atom stereocenters. The normalized spacial score (nSPS) is 18.1. The number of likely N-dealkylation sites (tertiary alicyclic amines) is 1. The van der Waals surface area contributed by atoms with Crippen LogP contribution in [0, 0.1) is 6.92 Å². The van der Waals surface area contributed by atoms with E-state index in [0.29, 0.717) is 6.04 Å². The molecule has 0 radical (unpaired) electrons. The molecule has 116 valence electrons. The van der Waals surface area contributed by atoms with Crippen LogP contribution in [-0.4, -0.2) is 24.0 Å². The van der Waals surface area contributed by atoms with E-state index in [-0.39, 0.29) is 24.8 Å². The lowest BCUT2D eigenvalue weighted by atomic mass is 10.1. The Bertz CT molecular complexity index is 554. The number of halogens is 2. The first-order valence-corrected chi connectivity index (χ1v) is 6.84. The molecule has 1 aromatic heterocycles. The van der Waals surface area contributed by atoms with Crippen molar-refractivity contribution in [1.82, 2.24) is 4.90 Å². The lowest BCUT2D eigenvalue weighted by molar-refractivity contribution is 0.327. The molecule has 3 rings (SSSR count). The first-order chi connectivity index (χ1) is 9.20. The number of rotatable bonds is 3. The van der Waals surface area contributed by atoms with Gasteiger partial charge in [0.1, 0.15) is 11.5 Å². The zero-order valence-corrected chi connectivity index (χ0v) is 13.8. The summed E-state index contributed by atoms with van der Waals surface area (Å²) < 4.78 is 5.63. The van der Waals surface area contributed by atoms with Crippen molar-refractivity contribution in [2.75, 3.05) is 13.1 Å². The molecule has 1 saturated heterocycles. The van der Waals surface area contributed by atoms with Crippen molar-refractivity contribution in [2.45, 2.75) is 25.9 Å². The van der Waals surface area contributed by atoms with Gasteiger partial charge in [0.15, 0.2) is 0 Å². The minimum Gasteiger partial charge on any atom is -0.461 e. The fourth-order valence-electron chi connectivity index (χ4n) is 2.63. The number of nitrogens with zero attached hydrogens (tertiary/aromatic N) is 1. The average Bonchev–Trinajstić information content (AvgIpc) is 3.00. The number of nitrogens with two attached hydrogens (primary N) is 1. The summed E-state index contributed by atoms with van der Waals surface area (Å²) in [6.07, 6.45) is 1.11. The third kappa shape index (κ3) is 4.48. The molecule has 2 N–H and O–H groups in total. The maximum absolute atomic E-state index is 5.93. The molecule has 2 aromatic rings. The Morgan fingerprint density at radius 2 is 1.86 bits per heavy atom. The van der Waals surface area contributed by atoms with E-state index in [1.807, 2.05) is 19.1 Å². The largest absolute Gasteiger partial charge is 0.461 e. The molecule has 2 heterocycles. The third-order valence-electron chi connectivity index (χ3n) is 3.69. The average molecular weight is 329 g/mol. The molecule has 1 aliphatic rings. The highest BCUT2D eigenvalue weighted by molar-refractivity contribution is 5.85. The van der Waals surface area contributed by atoms with E-state index in [0.717, 1.165) is 43.1 Å². The zero-order valence-electron chi connectivity index (χ0n) is 12.1. The monoisotopic (exact) mass is 328 g/mol. The molecule has 1 fully saturated rings. The summed E-state index contributed by atoms with van der Waals surface area (Å²) in [7, 11) is 0. The summed E-state index contributed by atoms with van der Waals surface area (Å²) >= 11 is 0. The van der Waals surface area contributed by atoms with E-state index >= 15 is 0 Å². The highest BCUT2D eigenvalue weighted by atomic mass is 35.5. The van der Waals surface area contributed by atoms with Gasteiger partial charge in [-0.1, -0.05) is 24.3 Å². The van der Waals surface area contributed by atoms with Crippen LogP contribution in [0.1, 0.15) is 17.7 Å². The fraction of sp³-hybridized carbons (Fsp3) is 0.375. The van der Waals surface area contributed by atoms with Crippen molar-refractivity contribution < 1.29 is 4.42 Å². The highest BCUT2D eigenvalue weighted by Gasteiger charge is 2.18. The Balaban J connectivity index is 0.00000110. The van der Waals surface area contributed by atoms with Gasteiger partial charge in [0.2, 0.25) is 0 Å². The topological polar surface area (TPSA) is 42.4 Å². The van der Waals surface area contributed by atoms with Gasteiger partial charge < -0.3 is 10.2 Å². The van der Waals surface area contributed by atoms with Crippen molar-refractivity contribution >= 4 is 24.8 Å². The molecular formula is C16H22Cl2N2O. The SMILES string of the molecule is Cc1ccc(-c2ccc(CN3CCC(N)C3)cc2)o1.Cl.Cl. The summed E-state index contributed by atoms with van der Waals surface area (Å²) in [6.45, 7) is 5.08. The number of furan rings is 1. The maximum atomic E-state index is 5.93. The van der Waals surface area contributed by atoms with Gasteiger partial charge in [0, 0.05) is 31.2 Å². The van der Waals surface area contributed by atoms with Crippen LogP contribution in [0.25, 0.3) is 11.3 Å². The fourth-order valence-corrected chi connectivity index (χ4v) is 2.63. The third-order valence-corrected chi connectivity index (χ3v) is 3.69. The summed E-state index contributed by atoms with van der Waals surface area (Å²) in [5.41, 5.74) is 8.40. The predicted octanol–water partition coefficient (Wildman–Crippen LogP) is 3.63. The number of hydrogen-bond donors (Lipinski definition) is 1. The lowest BCUT2D eigenvalue weighted by Crippen LogP contribution is -2.26. The van der Waals surface area contributed by atoms with Gasteiger partial charge >= 0.3 is 0 Å². The maximum Gasteiger partial charge on any atom is 0.134 e. The van der Waals surface area contributed by atoms with E-state index in [2.05, 4.69) is 29.2 Å². The minimum absolute atomic E-state index is 0. The Kier molecular flexibility index (Phi) is 6.75. The van der Waals surface area contributed by atoms with Gasteiger partial charge in [-0.15, -0.1) is 24.8 Å². The van der Waals surface area contributed by atoms with Gasteiger partial charge in [0.25, 0.3) is 0 Å². The summed E-state index contributed by atoms with van der Waals surface area (Å²) in [5, 5.41) is 0. The molecular weight excluding hydrogens is 307 g/mol. The first-order valence-electron chi connectivity index (χ1n) is 6.84. The molecule has 21 heavy (non-hydrogen) atoms. The van der Waals surface area contributed by atoms with Gasteiger partial charge in [-0.3, -0.25) is 4.90 Å². The number of aryl methyl sites for hydroxylation is 1. The Morgan fingerprint density at radius 3 is 2.38 bits per heavy atom. The second kappa shape index (κ2) is 7.85. The summed E-state index contributed by atoms with van der Waals surface area (Å²) in [4.78, 5) is 2.41. The van der Waals surface area contributed by atoms with Crippen molar-refractivity contribution in [3.63, 3.8) is 0 Å². The minimum atomic E-state index is 0. The zero-order chi connectivity index (χ0) is 13.2. The molecule has 0 saturated carbocycles. The van der Waals surface area contributed by atoms with E-state index < -0.39 is 0 Å². The molecule has 0 aliphatic carbocycles. The van der Waals surface area contributed by atoms with Crippen LogP contribution in [0.15, 0.2) is 40.8 Å². The Morgan fingerprint density at radius 1 is 1.14 bits per heavy atom. The van der Waals surface area contributed by atoms with Crippen LogP contribution < -0.4 is 5.73 Å². The highest BCUT2D eigenvalue weighted by Crippen LogP contribution is 2.23. The van der Waals surface area contributed by atoms with Crippen molar-refractivity contribution in [2.24, 2.45) is 5.73 Å². The van der Waals surface area contributed by atoms with E-state index in [1.54, 1.807) is 0 Å². The van der Waals surface area contributed by atoms with Crippen LogP contribution in [0.2, 0.25) is 0 Å². The van der Waals surface area contributed by atoms with Crippen LogP contribution in [0.4, 0.5) is 0 Å². The molecule has 3 nitrogen and oxygen atoms in total. The molecule has 0 amide bonds. The quantitative estimate of drug-likeness (QED) is 0.935. The van der Waals surface area contributed by atoms with Crippen LogP contribution in [-0.2, 0) is 6.54 Å². The Labute approximate surface area is 138 Å². The van der Waals surface area contributed by atoms with Crippen molar-refractivity contribution in [3.05, 3.63) is 47.7 Å². The van der Waals surface area contributed by atoms with Crippen LogP contribution >= 0.6 is 24.8 Å². The van der Waals surface area contributed by atoms with Crippen molar-refractivity contribution in [3.8, 4) is 11.3 Å². The van der Waals surface area contributed by atoms with Gasteiger partial charge in [-0.25, -0.2) is 0 Å². The second-order valence-electron chi connectivity index (χ2n) is 5.39.